The largest absolute Gasteiger partial charge is 0.393 e. The minimum absolute atomic E-state index is 0.101. The molecule has 0 bridgehead atoms. The van der Waals surface area contributed by atoms with Crippen molar-refractivity contribution in [1.29, 1.82) is 0 Å². The van der Waals surface area contributed by atoms with Gasteiger partial charge in [-0.2, -0.15) is 0 Å². The number of piperidine rings is 1. The average Bonchev–Trinajstić information content (AvgIpc) is 2.55. The molecule has 1 heterocycles. The predicted molar refractivity (Wildman–Crippen MR) is 91.9 cm³/mol. The van der Waals surface area contributed by atoms with E-state index in [-0.39, 0.29) is 6.10 Å². The van der Waals surface area contributed by atoms with Crippen molar-refractivity contribution < 1.29 is 5.11 Å². The van der Waals surface area contributed by atoms with Gasteiger partial charge in [0.2, 0.25) is 0 Å². The third-order valence-electron chi connectivity index (χ3n) is 4.73. The van der Waals surface area contributed by atoms with Gasteiger partial charge in [0.25, 0.3) is 0 Å². The molecule has 2 aromatic rings. The van der Waals surface area contributed by atoms with Crippen molar-refractivity contribution in [1.82, 2.24) is 4.90 Å². The van der Waals surface area contributed by atoms with Crippen LogP contribution >= 0.6 is 0 Å². The predicted octanol–water partition coefficient (Wildman–Crippen LogP) is 3.74. The van der Waals surface area contributed by atoms with Gasteiger partial charge in [-0.1, -0.05) is 54.6 Å². The Kier molecular flexibility index (Phi) is 4.91. The number of hydrogen-bond donors (Lipinski definition) is 1. The molecule has 0 saturated carbocycles. The molecular formula is C20H25NO. The molecule has 0 amide bonds. The Hall–Kier alpha value is -1.64. The van der Waals surface area contributed by atoms with E-state index in [0.29, 0.717) is 6.04 Å². The van der Waals surface area contributed by atoms with Gasteiger partial charge in [-0.25, -0.2) is 0 Å². The fourth-order valence-electron chi connectivity index (χ4n) is 3.30. The van der Waals surface area contributed by atoms with E-state index >= 15 is 0 Å². The van der Waals surface area contributed by atoms with Crippen LogP contribution in [-0.2, 0) is 6.42 Å². The van der Waals surface area contributed by atoms with Gasteiger partial charge in [0, 0.05) is 19.1 Å². The van der Waals surface area contributed by atoms with Gasteiger partial charge < -0.3 is 10.0 Å². The van der Waals surface area contributed by atoms with Crippen LogP contribution in [0.15, 0.2) is 54.6 Å². The maximum absolute atomic E-state index is 9.69. The van der Waals surface area contributed by atoms with Gasteiger partial charge in [0.15, 0.2) is 0 Å². The molecule has 2 heteroatoms. The summed E-state index contributed by atoms with van der Waals surface area (Å²) in [6, 6.07) is 19.9. The Morgan fingerprint density at radius 2 is 1.68 bits per heavy atom. The zero-order chi connectivity index (χ0) is 15.4. The van der Waals surface area contributed by atoms with Crippen LogP contribution in [0.2, 0.25) is 0 Å². The molecule has 0 aromatic heterocycles. The lowest BCUT2D eigenvalue weighted by Gasteiger charge is -2.35. The Balaban J connectivity index is 1.58. The lowest BCUT2D eigenvalue weighted by molar-refractivity contribution is 0.0490. The Labute approximate surface area is 133 Å². The molecule has 1 N–H and O–H groups in total. The molecule has 3 rings (SSSR count). The lowest BCUT2D eigenvalue weighted by atomic mass is 9.99. The second-order valence-electron chi connectivity index (χ2n) is 6.38. The van der Waals surface area contributed by atoms with E-state index in [1.54, 1.807) is 0 Å². The number of aliphatic hydroxyl groups excluding tert-OH is 1. The molecule has 2 unspecified atom stereocenters. The number of benzene rings is 2. The van der Waals surface area contributed by atoms with Gasteiger partial charge >= 0.3 is 0 Å². The molecule has 0 radical (unpaired) electrons. The molecule has 0 spiro atoms. The van der Waals surface area contributed by atoms with Crippen LogP contribution in [0.1, 0.15) is 25.3 Å². The zero-order valence-electron chi connectivity index (χ0n) is 13.3. The molecule has 0 aliphatic carbocycles. The SMILES string of the molecule is CC1CC(O)CCN1CCc1ccc(-c2ccccc2)cc1. The van der Waals surface area contributed by atoms with Crippen molar-refractivity contribution in [3.63, 3.8) is 0 Å². The summed E-state index contributed by atoms with van der Waals surface area (Å²) < 4.78 is 0. The molecule has 1 fully saturated rings. The van der Waals surface area contributed by atoms with E-state index in [2.05, 4.69) is 66.4 Å². The maximum atomic E-state index is 9.69. The third kappa shape index (κ3) is 3.76. The highest BCUT2D eigenvalue weighted by Gasteiger charge is 2.23. The Morgan fingerprint density at radius 1 is 1.00 bits per heavy atom. The first-order valence-corrected chi connectivity index (χ1v) is 8.29. The molecular weight excluding hydrogens is 270 g/mol. The summed E-state index contributed by atoms with van der Waals surface area (Å²) in [6.07, 6.45) is 2.80. The highest BCUT2D eigenvalue weighted by molar-refractivity contribution is 5.63. The number of nitrogens with zero attached hydrogens (tertiary/aromatic N) is 1. The van der Waals surface area contributed by atoms with Crippen molar-refractivity contribution in [3.8, 4) is 11.1 Å². The minimum Gasteiger partial charge on any atom is -0.393 e. The summed E-state index contributed by atoms with van der Waals surface area (Å²) in [5.74, 6) is 0. The van der Waals surface area contributed by atoms with Crippen molar-refractivity contribution >= 4 is 0 Å². The van der Waals surface area contributed by atoms with Gasteiger partial charge in [-0.05, 0) is 42.9 Å². The Bertz CT molecular complexity index is 578. The smallest absolute Gasteiger partial charge is 0.0567 e. The van der Waals surface area contributed by atoms with Crippen LogP contribution in [-0.4, -0.2) is 35.2 Å². The molecule has 1 saturated heterocycles. The first kappa shape index (κ1) is 15.3. The molecule has 2 aromatic carbocycles. The van der Waals surface area contributed by atoms with Gasteiger partial charge in [0.05, 0.1) is 6.10 Å². The zero-order valence-corrected chi connectivity index (χ0v) is 13.3. The molecule has 116 valence electrons. The minimum atomic E-state index is -0.101. The fraction of sp³-hybridized carbons (Fsp3) is 0.400. The number of likely N-dealkylation sites (tertiary alicyclic amines) is 1. The van der Waals surface area contributed by atoms with E-state index in [9.17, 15) is 5.11 Å². The summed E-state index contributed by atoms with van der Waals surface area (Å²) in [5.41, 5.74) is 3.93. The standard InChI is InChI=1S/C20H25NO/c1-16-15-20(22)12-14-21(16)13-11-17-7-9-19(10-8-17)18-5-3-2-4-6-18/h2-10,16,20,22H,11-15H2,1H3. The summed E-state index contributed by atoms with van der Waals surface area (Å²) in [5, 5.41) is 9.69. The first-order chi connectivity index (χ1) is 10.7. The molecule has 1 aliphatic rings. The molecule has 2 nitrogen and oxygen atoms in total. The van der Waals surface area contributed by atoms with E-state index in [0.717, 1.165) is 32.4 Å². The molecule has 2 atom stereocenters. The summed E-state index contributed by atoms with van der Waals surface area (Å²) in [7, 11) is 0. The first-order valence-electron chi connectivity index (χ1n) is 8.29. The van der Waals surface area contributed by atoms with Crippen molar-refractivity contribution in [2.45, 2.75) is 38.3 Å². The number of aliphatic hydroxyl groups is 1. The van der Waals surface area contributed by atoms with Crippen LogP contribution in [0.3, 0.4) is 0 Å². The van der Waals surface area contributed by atoms with Gasteiger partial charge in [-0.3, -0.25) is 0 Å². The fourth-order valence-corrected chi connectivity index (χ4v) is 3.30. The van der Waals surface area contributed by atoms with Gasteiger partial charge in [0.1, 0.15) is 0 Å². The summed E-state index contributed by atoms with van der Waals surface area (Å²) >= 11 is 0. The van der Waals surface area contributed by atoms with E-state index in [4.69, 9.17) is 0 Å². The average molecular weight is 295 g/mol. The van der Waals surface area contributed by atoms with E-state index < -0.39 is 0 Å². The second-order valence-corrected chi connectivity index (χ2v) is 6.38. The highest BCUT2D eigenvalue weighted by atomic mass is 16.3. The molecule has 22 heavy (non-hydrogen) atoms. The second kappa shape index (κ2) is 7.08. The maximum Gasteiger partial charge on any atom is 0.0567 e. The van der Waals surface area contributed by atoms with Crippen LogP contribution in [0, 0.1) is 0 Å². The number of hydrogen-bond acceptors (Lipinski definition) is 2. The van der Waals surface area contributed by atoms with Crippen molar-refractivity contribution in [2.24, 2.45) is 0 Å². The quantitative estimate of drug-likeness (QED) is 0.929. The van der Waals surface area contributed by atoms with Gasteiger partial charge in [-0.15, -0.1) is 0 Å². The monoisotopic (exact) mass is 295 g/mol. The Morgan fingerprint density at radius 3 is 2.36 bits per heavy atom. The molecule has 1 aliphatic heterocycles. The topological polar surface area (TPSA) is 23.5 Å². The highest BCUT2D eigenvalue weighted by Crippen LogP contribution is 2.21. The van der Waals surface area contributed by atoms with Crippen LogP contribution < -0.4 is 0 Å². The van der Waals surface area contributed by atoms with E-state index in [1.807, 2.05) is 0 Å². The number of rotatable bonds is 4. The lowest BCUT2D eigenvalue weighted by Crippen LogP contribution is -2.43. The van der Waals surface area contributed by atoms with Crippen LogP contribution in [0.25, 0.3) is 11.1 Å². The van der Waals surface area contributed by atoms with Crippen molar-refractivity contribution in [2.75, 3.05) is 13.1 Å². The van der Waals surface area contributed by atoms with E-state index in [1.165, 1.54) is 16.7 Å². The van der Waals surface area contributed by atoms with Crippen LogP contribution in [0.5, 0.6) is 0 Å². The van der Waals surface area contributed by atoms with Crippen molar-refractivity contribution in [3.05, 3.63) is 60.2 Å². The summed E-state index contributed by atoms with van der Waals surface area (Å²) in [4.78, 5) is 2.50. The summed E-state index contributed by atoms with van der Waals surface area (Å²) in [6.45, 7) is 4.32. The normalized spacial score (nSPS) is 22.6. The third-order valence-corrected chi connectivity index (χ3v) is 4.73. The van der Waals surface area contributed by atoms with Crippen LogP contribution in [0.4, 0.5) is 0 Å².